The van der Waals surface area contributed by atoms with E-state index in [4.69, 9.17) is 5.11 Å². The van der Waals surface area contributed by atoms with Crippen LogP contribution in [-0.4, -0.2) is 34.5 Å². The highest BCUT2D eigenvalue weighted by Gasteiger charge is 2.34. The largest absolute Gasteiger partial charge is 0.480 e. The van der Waals surface area contributed by atoms with Gasteiger partial charge in [0, 0.05) is 13.5 Å². The number of carbonyl (C=O) groups excluding carboxylic acids is 1. The van der Waals surface area contributed by atoms with Crippen LogP contribution >= 0.6 is 0 Å². The van der Waals surface area contributed by atoms with E-state index in [1.165, 1.54) is 16.0 Å². The summed E-state index contributed by atoms with van der Waals surface area (Å²) in [5.41, 5.74) is 1.35. The Labute approximate surface area is 126 Å². The topological polar surface area (TPSA) is 57.6 Å². The van der Waals surface area contributed by atoms with Crippen molar-refractivity contribution in [1.29, 1.82) is 0 Å². The fourth-order valence-corrected chi connectivity index (χ4v) is 1.98. The zero-order valence-electron chi connectivity index (χ0n) is 13.3. The maximum Gasteiger partial charge on any atom is 0.329 e. The highest BCUT2D eigenvalue weighted by molar-refractivity contribution is 5.86. The van der Waals surface area contributed by atoms with Crippen molar-refractivity contribution in [3.8, 4) is 0 Å². The molecule has 0 saturated carbocycles. The minimum Gasteiger partial charge on any atom is -0.480 e. The lowest BCUT2D eigenvalue weighted by Crippen LogP contribution is -2.50. The molecule has 0 unspecified atom stereocenters. The molecule has 1 aromatic rings. The summed E-state index contributed by atoms with van der Waals surface area (Å²) in [5.74, 6) is -1.11. The molecular weight excluding hydrogens is 266 g/mol. The molecule has 0 bridgehead atoms. The fourth-order valence-electron chi connectivity index (χ4n) is 1.98. The van der Waals surface area contributed by atoms with E-state index < -0.39 is 11.5 Å². The molecule has 116 valence electrons. The third-order valence-electron chi connectivity index (χ3n) is 3.96. The lowest BCUT2D eigenvalue weighted by molar-refractivity contribution is -0.155. The summed E-state index contributed by atoms with van der Waals surface area (Å²) in [6.45, 7) is 5.14. The van der Waals surface area contributed by atoms with Crippen molar-refractivity contribution in [1.82, 2.24) is 4.90 Å². The van der Waals surface area contributed by atoms with Crippen molar-refractivity contribution in [3.63, 3.8) is 0 Å². The average Bonchev–Trinajstić information content (AvgIpc) is 2.44. The number of unbranched alkanes of at least 4 members (excludes halogenated alkanes) is 1. The van der Waals surface area contributed by atoms with Crippen molar-refractivity contribution in [2.24, 2.45) is 0 Å². The molecule has 0 aliphatic rings. The normalized spacial score (nSPS) is 11.2. The van der Waals surface area contributed by atoms with Crippen LogP contribution in [0.1, 0.15) is 44.2 Å². The third kappa shape index (κ3) is 4.88. The van der Waals surface area contributed by atoms with Gasteiger partial charge in [-0.05, 0) is 45.6 Å². The van der Waals surface area contributed by atoms with Crippen molar-refractivity contribution in [3.05, 3.63) is 35.4 Å². The number of aryl methyl sites for hydroxylation is 2. The predicted molar refractivity (Wildman–Crippen MR) is 83.2 cm³/mol. The van der Waals surface area contributed by atoms with Crippen LogP contribution in [0.2, 0.25) is 0 Å². The van der Waals surface area contributed by atoms with Gasteiger partial charge in [-0.15, -0.1) is 0 Å². The molecule has 0 aliphatic carbocycles. The molecule has 0 fully saturated rings. The van der Waals surface area contributed by atoms with Gasteiger partial charge in [-0.2, -0.15) is 0 Å². The van der Waals surface area contributed by atoms with Gasteiger partial charge in [-0.1, -0.05) is 29.8 Å². The van der Waals surface area contributed by atoms with E-state index >= 15 is 0 Å². The zero-order valence-corrected chi connectivity index (χ0v) is 13.3. The Bertz CT molecular complexity index is 491. The van der Waals surface area contributed by atoms with Crippen molar-refractivity contribution in [2.45, 2.75) is 52.0 Å². The molecule has 1 aromatic carbocycles. The van der Waals surface area contributed by atoms with Crippen LogP contribution in [0.15, 0.2) is 24.3 Å². The minimum absolute atomic E-state index is 0.119. The van der Waals surface area contributed by atoms with Crippen molar-refractivity contribution >= 4 is 11.9 Å². The number of nitrogens with zero attached hydrogens (tertiary/aromatic N) is 1. The van der Waals surface area contributed by atoms with Crippen LogP contribution in [0.4, 0.5) is 0 Å². The summed E-state index contributed by atoms with van der Waals surface area (Å²) in [6.07, 6.45) is 3.03. The molecule has 1 rings (SSSR count). The highest BCUT2D eigenvalue weighted by atomic mass is 16.4. The van der Waals surface area contributed by atoms with E-state index in [2.05, 4.69) is 31.2 Å². The molecule has 0 atom stereocenters. The van der Waals surface area contributed by atoms with Gasteiger partial charge in [-0.25, -0.2) is 4.79 Å². The summed E-state index contributed by atoms with van der Waals surface area (Å²) in [4.78, 5) is 24.4. The first kappa shape index (κ1) is 17.2. The Morgan fingerprint density at radius 1 is 1.14 bits per heavy atom. The molecule has 0 radical (unpaired) electrons. The van der Waals surface area contributed by atoms with Crippen molar-refractivity contribution in [2.75, 3.05) is 7.05 Å². The first-order valence-electron chi connectivity index (χ1n) is 7.30. The lowest BCUT2D eigenvalue weighted by Gasteiger charge is -2.31. The molecule has 21 heavy (non-hydrogen) atoms. The maximum absolute atomic E-state index is 12.0. The summed E-state index contributed by atoms with van der Waals surface area (Å²) in [7, 11) is 1.55. The van der Waals surface area contributed by atoms with E-state index in [1.807, 2.05) is 0 Å². The number of carboxylic acid groups (broad SMARTS) is 1. The number of carboxylic acids is 1. The molecular formula is C17H25NO3. The van der Waals surface area contributed by atoms with Gasteiger partial charge >= 0.3 is 5.97 Å². The second kappa shape index (κ2) is 7.25. The molecule has 0 aromatic heterocycles. The quantitative estimate of drug-likeness (QED) is 0.786. The molecule has 0 aliphatic heterocycles. The smallest absolute Gasteiger partial charge is 0.329 e. The molecule has 0 heterocycles. The highest BCUT2D eigenvalue weighted by Crippen LogP contribution is 2.15. The fraction of sp³-hybridized carbons (Fsp3) is 0.529. The molecule has 1 N–H and O–H groups in total. The summed E-state index contributed by atoms with van der Waals surface area (Å²) < 4.78 is 0. The van der Waals surface area contributed by atoms with Crippen LogP contribution < -0.4 is 0 Å². The minimum atomic E-state index is -1.16. The first-order chi connectivity index (χ1) is 9.75. The molecule has 0 saturated heterocycles. The number of hydrogen-bond acceptors (Lipinski definition) is 2. The predicted octanol–water partition coefficient (Wildman–Crippen LogP) is 3.03. The lowest BCUT2D eigenvalue weighted by atomic mass is 10.0. The van der Waals surface area contributed by atoms with E-state index in [9.17, 15) is 9.59 Å². The van der Waals surface area contributed by atoms with Gasteiger partial charge in [-0.3, -0.25) is 4.79 Å². The van der Waals surface area contributed by atoms with Gasteiger partial charge in [0.25, 0.3) is 0 Å². The monoisotopic (exact) mass is 291 g/mol. The zero-order chi connectivity index (χ0) is 16.0. The van der Waals surface area contributed by atoms with Gasteiger partial charge in [0.2, 0.25) is 5.91 Å². The maximum atomic E-state index is 12.0. The summed E-state index contributed by atoms with van der Waals surface area (Å²) in [5, 5.41) is 9.11. The number of aliphatic carboxylic acids is 1. The second-order valence-corrected chi connectivity index (χ2v) is 6.01. The van der Waals surface area contributed by atoms with E-state index in [0.717, 1.165) is 19.3 Å². The van der Waals surface area contributed by atoms with Gasteiger partial charge < -0.3 is 10.0 Å². The summed E-state index contributed by atoms with van der Waals surface area (Å²) >= 11 is 0. The third-order valence-corrected chi connectivity index (χ3v) is 3.96. The van der Waals surface area contributed by atoms with Crippen LogP contribution in [0.3, 0.4) is 0 Å². The van der Waals surface area contributed by atoms with Gasteiger partial charge in [0.05, 0.1) is 0 Å². The Morgan fingerprint density at radius 3 is 2.24 bits per heavy atom. The standard InChI is InChI=1S/C17H25NO3/c1-13-9-11-14(12-10-13)7-5-6-8-15(19)18(4)17(2,3)16(20)21/h9-12H,5-8H2,1-4H3,(H,20,21). The number of amides is 1. The molecule has 4 heteroatoms. The van der Waals surface area contributed by atoms with E-state index in [-0.39, 0.29) is 5.91 Å². The number of rotatable bonds is 7. The number of carbonyl (C=O) groups is 2. The SMILES string of the molecule is Cc1ccc(CCCCC(=O)N(C)C(C)(C)C(=O)O)cc1. The molecule has 0 spiro atoms. The van der Waals surface area contributed by atoms with E-state index in [1.54, 1.807) is 20.9 Å². The van der Waals surface area contributed by atoms with Crippen LogP contribution in [0, 0.1) is 6.92 Å². The van der Waals surface area contributed by atoms with Crippen LogP contribution in [0.5, 0.6) is 0 Å². The Balaban J connectivity index is 2.37. The number of likely N-dealkylation sites (N-methyl/N-ethyl adjacent to an activating group) is 1. The Kier molecular flexibility index (Phi) is 5.94. The first-order valence-corrected chi connectivity index (χ1v) is 7.30. The molecule has 4 nitrogen and oxygen atoms in total. The second-order valence-electron chi connectivity index (χ2n) is 6.01. The number of hydrogen-bond donors (Lipinski definition) is 1. The Hall–Kier alpha value is -1.84. The molecule has 1 amide bonds. The van der Waals surface area contributed by atoms with Crippen LogP contribution in [-0.2, 0) is 16.0 Å². The average molecular weight is 291 g/mol. The van der Waals surface area contributed by atoms with Crippen molar-refractivity contribution < 1.29 is 14.7 Å². The Morgan fingerprint density at radius 2 is 1.71 bits per heavy atom. The van der Waals surface area contributed by atoms with E-state index in [0.29, 0.717) is 6.42 Å². The van der Waals surface area contributed by atoms with Crippen LogP contribution in [0.25, 0.3) is 0 Å². The van der Waals surface area contributed by atoms with Gasteiger partial charge in [0.15, 0.2) is 0 Å². The summed E-state index contributed by atoms with van der Waals surface area (Å²) in [6, 6.07) is 8.39. The number of benzene rings is 1. The van der Waals surface area contributed by atoms with Gasteiger partial charge in [0.1, 0.15) is 5.54 Å².